The van der Waals surface area contributed by atoms with Gasteiger partial charge in [-0.3, -0.25) is 14.5 Å². The number of piperazine rings is 1. The van der Waals surface area contributed by atoms with Crippen molar-refractivity contribution in [3.63, 3.8) is 0 Å². The molecule has 7 nitrogen and oxygen atoms in total. The molecular weight excluding hydrogens is 360 g/mol. The molecule has 0 saturated carbocycles. The summed E-state index contributed by atoms with van der Waals surface area (Å²) < 4.78 is 5.11. The summed E-state index contributed by atoms with van der Waals surface area (Å²) in [5.41, 5.74) is 1.84. The molecule has 0 spiro atoms. The first-order valence-electron chi connectivity index (χ1n) is 8.45. The van der Waals surface area contributed by atoms with E-state index in [1.807, 2.05) is 6.07 Å². The third-order valence-electron chi connectivity index (χ3n) is 4.11. The number of nitrogens with zero attached hydrogens (tertiary/aromatic N) is 1. The monoisotopic (exact) mass is 378 g/mol. The standard InChI is InChI=1S/C21H18N2O5/c1-28-17-9-7-15(8-10-17)11-16-13-23(20(25)21(26)27)18(19(24)22-16)12-14-5-3-2-4-6-14/h2-12H,13H2,1H3,(H,22,24)(H,26,27). The Morgan fingerprint density at radius 1 is 1.04 bits per heavy atom. The summed E-state index contributed by atoms with van der Waals surface area (Å²) in [4.78, 5) is 37.0. The van der Waals surface area contributed by atoms with Gasteiger partial charge in [-0.05, 0) is 35.4 Å². The maximum atomic E-state index is 12.6. The van der Waals surface area contributed by atoms with Crippen LogP contribution in [0.4, 0.5) is 0 Å². The predicted molar refractivity (Wildman–Crippen MR) is 103 cm³/mol. The molecule has 0 aliphatic carbocycles. The number of carbonyl (C=O) groups excluding carboxylic acids is 2. The van der Waals surface area contributed by atoms with E-state index in [1.165, 1.54) is 6.08 Å². The van der Waals surface area contributed by atoms with Crippen molar-refractivity contribution in [2.45, 2.75) is 0 Å². The minimum atomic E-state index is -1.63. The van der Waals surface area contributed by atoms with Gasteiger partial charge in [0.1, 0.15) is 11.4 Å². The minimum Gasteiger partial charge on any atom is -0.497 e. The normalized spacial score (nSPS) is 16.8. The Kier molecular flexibility index (Phi) is 5.55. The fraction of sp³-hybridized carbons (Fsp3) is 0.0952. The molecule has 3 rings (SSSR count). The fourth-order valence-corrected chi connectivity index (χ4v) is 2.76. The van der Waals surface area contributed by atoms with Crippen LogP contribution in [-0.2, 0) is 14.4 Å². The zero-order valence-corrected chi connectivity index (χ0v) is 15.1. The highest BCUT2D eigenvalue weighted by molar-refractivity contribution is 6.33. The molecule has 1 saturated heterocycles. The fourth-order valence-electron chi connectivity index (χ4n) is 2.76. The maximum Gasteiger partial charge on any atom is 0.394 e. The molecule has 0 unspecified atom stereocenters. The van der Waals surface area contributed by atoms with Gasteiger partial charge in [0.2, 0.25) is 0 Å². The summed E-state index contributed by atoms with van der Waals surface area (Å²) in [5.74, 6) is -2.66. The van der Waals surface area contributed by atoms with Gasteiger partial charge in [-0.1, -0.05) is 42.5 Å². The number of amides is 2. The molecule has 28 heavy (non-hydrogen) atoms. The van der Waals surface area contributed by atoms with Crippen LogP contribution in [0.2, 0.25) is 0 Å². The average Bonchev–Trinajstić information content (AvgIpc) is 2.70. The number of hydrogen-bond donors (Lipinski definition) is 2. The quantitative estimate of drug-likeness (QED) is 0.630. The van der Waals surface area contributed by atoms with Crippen LogP contribution >= 0.6 is 0 Å². The van der Waals surface area contributed by atoms with E-state index in [0.717, 1.165) is 10.5 Å². The van der Waals surface area contributed by atoms with Crippen molar-refractivity contribution in [2.75, 3.05) is 13.7 Å². The van der Waals surface area contributed by atoms with E-state index in [2.05, 4.69) is 5.32 Å². The smallest absolute Gasteiger partial charge is 0.394 e. The number of nitrogens with one attached hydrogen (secondary N) is 1. The van der Waals surface area contributed by atoms with Gasteiger partial charge in [-0.25, -0.2) is 4.79 Å². The molecule has 2 aromatic carbocycles. The van der Waals surface area contributed by atoms with Crippen molar-refractivity contribution in [3.05, 3.63) is 77.1 Å². The summed E-state index contributed by atoms with van der Waals surface area (Å²) in [6.07, 6.45) is 3.17. The predicted octanol–water partition coefficient (Wildman–Crippen LogP) is 2.12. The lowest BCUT2D eigenvalue weighted by Gasteiger charge is -2.30. The number of benzene rings is 2. The summed E-state index contributed by atoms with van der Waals surface area (Å²) in [6, 6.07) is 16.0. The molecule has 1 aliphatic heterocycles. The van der Waals surface area contributed by atoms with Crippen LogP contribution in [0.3, 0.4) is 0 Å². The maximum absolute atomic E-state index is 12.6. The molecule has 142 valence electrons. The Bertz CT molecular complexity index is 962. The summed E-state index contributed by atoms with van der Waals surface area (Å²) in [7, 11) is 1.56. The number of carboxylic acids is 1. The van der Waals surface area contributed by atoms with E-state index >= 15 is 0 Å². The van der Waals surface area contributed by atoms with E-state index in [4.69, 9.17) is 9.84 Å². The second kappa shape index (κ2) is 8.22. The Balaban J connectivity index is 1.94. The van der Waals surface area contributed by atoms with Gasteiger partial charge in [-0.15, -0.1) is 0 Å². The van der Waals surface area contributed by atoms with E-state index in [0.29, 0.717) is 17.0 Å². The molecule has 1 aliphatic rings. The lowest BCUT2D eigenvalue weighted by Crippen LogP contribution is -2.48. The first-order valence-corrected chi connectivity index (χ1v) is 8.45. The molecule has 0 atom stereocenters. The van der Waals surface area contributed by atoms with Gasteiger partial charge in [0.05, 0.1) is 13.7 Å². The van der Waals surface area contributed by atoms with Crippen LogP contribution in [0, 0.1) is 0 Å². The number of rotatable bonds is 3. The number of hydrogen-bond acceptors (Lipinski definition) is 4. The molecule has 0 radical (unpaired) electrons. The van der Waals surface area contributed by atoms with E-state index in [9.17, 15) is 14.4 Å². The second-order valence-corrected chi connectivity index (χ2v) is 6.03. The SMILES string of the molecule is COc1ccc(C=C2CN(C(=O)C(=O)O)C(=Cc3ccccc3)C(=O)N2)cc1. The van der Waals surface area contributed by atoms with Crippen molar-refractivity contribution in [1.82, 2.24) is 10.2 Å². The highest BCUT2D eigenvalue weighted by Gasteiger charge is 2.33. The molecule has 0 aromatic heterocycles. The largest absolute Gasteiger partial charge is 0.497 e. The number of aliphatic carboxylic acids is 1. The summed E-state index contributed by atoms with van der Waals surface area (Å²) in [6.45, 7) is -0.0679. The van der Waals surface area contributed by atoms with Gasteiger partial charge in [0, 0.05) is 5.70 Å². The first kappa shape index (κ1) is 18.9. The topological polar surface area (TPSA) is 95.9 Å². The zero-order chi connectivity index (χ0) is 20.1. The van der Waals surface area contributed by atoms with Crippen molar-refractivity contribution in [3.8, 4) is 5.75 Å². The van der Waals surface area contributed by atoms with E-state index in [-0.39, 0.29) is 12.2 Å². The minimum absolute atomic E-state index is 0.0227. The van der Waals surface area contributed by atoms with Crippen molar-refractivity contribution in [1.29, 1.82) is 0 Å². The van der Waals surface area contributed by atoms with Crippen LogP contribution in [0.5, 0.6) is 5.75 Å². The Morgan fingerprint density at radius 2 is 1.68 bits per heavy atom. The Morgan fingerprint density at radius 3 is 2.29 bits per heavy atom. The third-order valence-corrected chi connectivity index (χ3v) is 4.11. The lowest BCUT2D eigenvalue weighted by molar-refractivity contribution is -0.155. The summed E-state index contributed by atoms with van der Waals surface area (Å²) >= 11 is 0. The lowest BCUT2D eigenvalue weighted by atomic mass is 10.1. The van der Waals surface area contributed by atoms with E-state index in [1.54, 1.807) is 61.7 Å². The van der Waals surface area contributed by atoms with E-state index < -0.39 is 17.8 Å². The van der Waals surface area contributed by atoms with Crippen LogP contribution in [0.25, 0.3) is 12.2 Å². The Hall–Kier alpha value is -3.87. The molecule has 1 heterocycles. The van der Waals surface area contributed by atoms with Crippen molar-refractivity contribution < 1.29 is 24.2 Å². The average molecular weight is 378 g/mol. The summed E-state index contributed by atoms with van der Waals surface area (Å²) in [5, 5.41) is 11.9. The third kappa shape index (κ3) is 4.27. The zero-order valence-electron chi connectivity index (χ0n) is 15.1. The molecular formula is C21H18N2O5. The van der Waals surface area contributed by atoms with Gasteiger partial charge in [0.15, 0.2) is 0 Å². The van der Waals surface area contributed by atoms with Crippen LogP contribution in [0.15, 0.2) is 66.0 Å². The van der Waals surface area contributed by atoms with Crippen molar-refractivity contribution in [2.24, 2.45) is 0 Å². The first-order chi connectivity index (χ1) is 13.5. The Labute approximate surface area is 161 Å². The number of carboxylic acid groups (broad SMARTS) is 1. The molecule has 1 fully saturated rings. The van der Waals surface area contributed by atoms with Crippen LogP contribution in [-0.4, -0.2) is 41.4 Å². The molecule has 7 heteroatoms. The van der Waals surface area contributed by atoms with Crippen molar-refractivity contribution >= 4 is 29.9 Å². The van der Waals surface area contributed by atoms with Gasteiger partial charge < -0.3 is 15.2 Å². The number of carbonyl (C=O) groups is 3. The van der Waals surface area contributed by atoms with Gasteiger partial charge >= 0.3 is 11.9 Å². The highest BCUT2D eigenvalue weighted by Crippen LogP contribution is 2.20. The number of ether oxygens (including phenoxy) is 1. The van der Waals surface area contributed by atoms with Crippen LogP contribution in [0.1, 0.15) is 11.1 Å². The van der Waals surface area contributed by atoms with Gasteiger partial charge in [-0.2, -0.15) is 0 Å². The number of methoxy groups -OCH3 is 1. The second-order valence-electron chi connectivity index (χ2n) is 6.03. The molecule has 0 bridgehead atoms. The molecule has 2 amide bonds. The molecule has 2 aromatic rings. The van der Waals surface area contributed by atoms with Gasteiger partial charge in [0.25, 0.3) is 5.91 Å². The highest BCUT2D eigenvalue weighted by atomic mass is 16.5. The molecule has 2 N–H and O–H groups in total. The van der Waals surface area contributed by atoms with Crippen LogP contribution < -0.4 is 10.1 Å².